The molecule has 2 aliphatic rings. The third-order valence-electron chi connectivity index (χ3n) is 5.45. The summed E-state index contributed by atoms with van der Waals surface area (Å²) in [6, 6.07) is 0.509. The van der Waals surface area contributed by atoms with E-state index in [4.69, 9.17) is 4.74 Å². The summed E-state index contributed by atoms with van der Waals surface area (Å²) in [5, 5.41) is 3.73. The Balaban J connectivity index is 2.01. The van der Waals surface area contributed by atoms with Gasteiger partial charge in [0, 0.05) is 6.04 Å². The van der Waals surface area contributed by atoms with E-state index in [1.165, 1.54) is 52.1 Å². The maximum atomic E-state index is 12.4. The second-order valence-electron chi connectivity index (χ2n) is 6.76. The second kappa shape index (κ2) is 7.44. The number of ether oxygens (including phenoxy) is 1. The minimum absolute atomic E-state index is 0.0312. The molecule has 2 rings (SSSR count). The number of hydrogen-bond acceptors (Lipinski definition) is 3. The fourth-order valence-corrected chi connectivity index (χ4v) is 4.00. The Labute approximate surface area is 123 Å². The number of hydrogen-bond donors (Lipinski definition) is 1. The zero-order valence-electron chi connectivity index (χ0n) is 13.2. The predicted molar refractivity (Wildman–Crippen MR) is 81.6 cm³/mol. The van der Waals surface area contributed by atoms with Gasteiger partial charge in [0.25, 0.3) is 0 Å². The van der Waals surface area contributed by atoms with E-state index in [0.29, 0.717) is 6.04 Å². The maximum absolute atomic E-state index is 12.4. The highest BCUT2D eigenvalue weighted by Crippen LogP contribution is 2.36. The predicted octanol–water partition coefficient (Wildman–Crippen LogP) is 3.81. The number of methoxy groups -OCH3 is 1. The van der Waals surface area contributed by atoms with Gasteiger partial charge in [0.2, 0.25) is 0 Å². The molecule has 3 nitrogen and oxygen atoms in total. The first-order valence-corrected chi connectivity index (χ1v) is 8.56. The molecule has 3 heteroatoms. The zero-order chi connectivity index (χ0) is 14.4. The summed E-state index contributed by atoms with van der Waals surface area (Å²) >= 11 is 0. The highest BCUT2D eigenvalue weighted by Gasteiger charge is 2.43. The van der Waals surface area contributed by atoms with E-state index >= 15 is 0 Å². The van der Waals surface area contributed by atoms with Gasteiger partial charge in [0.05, 0.1) is 7.11 Å². The lowest BCUT2D eigenvalue weighted by Gasteiger charge is -2.40. The molecule has 0 heterocycles. The Morgan fingerprint density at radius 2 is 1.70 bits per heavy atom. The van der Waals surface area contributed by atoms with Gasteiger partial charge in [-0.05, 0) is 44.4 Å². The van der Waals surface area contributed by atoms with Crippen LogP contribution in [0.2, 0.25) is 0 Å². The molecule has 0 spiro atoms. The SMILES string of the molecule is CCC1CCC(NC2CCCCCC2)(C(=O)OC)CC1. The molecule has 2 saturated carbocycles. The molecular formula is C17H31NO2. The van der Waals surface area contributed by atoms with Gasteiger partial charge in [-0.3, -0.25) is 10.1 Å². The van der Waals surface area contributed by atoms with Gasteiger partial charge in [-0.25, -0.2) is 0 Å². The summed E-state index contributed by atoms with van der Waals surface area (Å²) in [6.07, 6.45) is 13.2. The third kappa shape index (κ3) is 3.75. The minimum atomic E-state index is -0.393. The Kier molecular flexibility index (Phi) is 5.88. The van der Waals surface area contributed by atoms with Gasteiger partial charge in [-0.2, -0.15) is 0 Å². The molecule has 2 fully saturated rings. The third-order valence-corrected chi connectivity index (χ3v) is 5.45. The van der Waals surface area contributed by atoms with Crippen LogP contribution in [0, 0.1) is 5.92 Å². The molecule has 0 radical (unpaired) electrons. The number of rotatable bonds is 4. The van der Waals surface area contributed by atoms with Gasteiger partial charge in [-0.15, -0.1) is 0 Å². The molecular weight excluding hydrogens is 250 g/mol. The van der Waals surface area contributed by atoms with E-state index < -0.39 is 5.54 Å². The zero-order valence-corrected chi connectivity index (χ0v) is 13.2. The summed E-state index contributed by atoms with van der Waals surface area (Å²) in [6.45, 7) is 2.26. The van der Waals surface area contributed by atoms with Crippen LogP contribution < -0.4 is 5.32 Å². The fourth-order valence-electron chi connectivity index (χ4n) is 4.00. The van der Waals surface area contributed by atoms with Crippen LogP contribution >= 0.6 is 0 Å². The molecule has 0 saturated heterocycles. The molecule has 20 heavy (non-hydrogen) atoms. The van der Waals surface area contributed by atoms with Crippen LogP contribution in [-0.2, 0) is 9.53 Å². The lowest BCUT2D eigenvalue weighted by atomic mass is 9.75. The van der Waals surface area contributed by atoms with Crippen molar-refractivity contribution in [1.82, 2.24) is 5.32 Å². The second-order valence-corrected chi connectivity index (χ2v) is 6.76. The Morgan fingerprint density at radius 3 is 2.20 bits per heavy atom. The van der Waals surface area contributed by atoms with Gasteiger partial charge in [-0.1, -0.05) is 39.0 Å². The molecule has 116 valence electrons. The van der Waals surface area contributed by atoms with Gasteiger partial charge in [0.1, 0.15) is 5.54 Å². The van der Waals surface area contributed by atoms with Crippen molar-refractivity contribution in [2.24, 2.45) is 5.92 Å². The van der Waals surface area contributed by atoms with Crippen molar-refractivity contribution in [3.8, 4) is 0 Å². The number of esters is 1. The van der Waals surface area contributed by atoms with Crippen LogP contribution in [0.15, 0.2) is 0 Å². The van der Waals surface area contributed by atoms with Crippen molar-refractivity contribution in [3.05, 3.63) is 0 Å². The standard InChI is InChI=1S/C17H31NO2/c1-3-14-10-12-17(13-11-14,16(19)20-2)18-15-8-6-4-5-7-9-15/h14-15,18H,3-13H2,1-2H3. The van der Waals surface area contributed by atoms with E-state index in [0.717, 1.165) is 31.6 Å². The van der Waals surface area contributed by atoms with Crippen LogP contribution in [-0.4, -0.2) is 24.7 Å². The number of carbonyl (C=O) groups is 1. The Morgan fingerprint density at radius 1 is 1.10 bits per heavy atom. The monoisotopic (exact) mass is 281 g/mol. The van der Waals surface area contributed by atoms with Crippen LogP contribution in [0.5, 0.6) is 0 Å². The van der Waals surface area contributed by atoms with E-state index in [-0.39, 0.29) is 5.97 Å². The molecule has 2 aliphatic carbocycles. The summed E-state index contributed by atoms with van der Waals surface area (Å²) in [5.74, 6) is 0.764. The average molecular weight is 281 g/mol. The quantitative estimate of drug-likeness (QED) is 0.629. The summed E-state index contributed by atoms with van der Waals surface area (Å²) in [5.41, 5.74) is -0.393. The molecule has 0 aromatic heterocycles. The van der Waals surface area contributed by atoms with Crippen LogP contribution in [0.4, 0.5) is 0 Å². The normalized spacial score (nSPS) is 32.6. The van der Waals surface area contributed by atoms with Gasteiger partial charge >= 0.3 is 5.97 Å². The van der Waals surface area contributed by atoms with Gasteiger partial charge < -0.3 is 4.74 Å². The number of carbonyl (C=O) groups excluding carboxylic acids is 1. The van der Waals surface area contributed by atoms with Crippen LogP contribution in [0.3, 0.4) is 0 Å². The minimum Gasteiger partial charge on any atom is -0.468 e. The lowest BCUT2D eigenvalue weighted by Crippen LogP contribution is -2.58. The molecule has 1 N–H and O–H groups in total. The molecule has 0 aromatic rings. The molecule has 0 atom stereocenters. The van der Waals surface area contributed by atoms with Gasteiger partial charge in [0.15, 0.2) is 0 Å². The van der Waals surface area contributed by atoms with Crippen molar-refractivity contribution >= 4 is 5.97 Å². The van der Waals surface area contributed by atoms with Crippen molar-refractivity contribution < 1.29 is 9.53 Å². The smallest absolute Gasteiger partial charge is 0.326 e. The maximum Gasteiger partial charge on any atom is 0.326 e. The topological polar surface area (TPSA) is 38.3 Å². The highest BCUT2D eigenvalue weighted by atomic mass is 16.5. The first-order chi connectivity index (χ1) is 9.70. The van der Waals surface area contributed by atoms with Crippen molar-refractivity contribution in [2.75, 3.05) is 7.11 Å². The van der Waals surface area contributed by atoms with Crippen molar-refractivity contribution in [3.63, 3.8) is 0 Å². The molecule has 0 bridgehead atoms. The summed E-state index contributed by atoms with van der Waals surface area (Å²) in [7, 11) is 1.53. The lowest BCUT2D eigenvalue weighted by molar-refractivity contribution is -0.151. The van der Waals surface area contributed by atoms with E-state index in [9.17, 15) is 4.79 Å². The first kappa shape index (κ1) is 15.8. The van der Waals surface area contributed by atoms with Crippen LogP contribution in [0.1, 0.15) is 77.6 Å². The van der Waals surface area contributed by atoms with E-state index in [2.05, 4.69) is 12.2 Å². The summed E-state index contributed by atoms with van der Waals surface area (Å²) < 4.78 is 5.13. The molecule has 0 aliphatic heterocycles. The van der Waals surface area contributed by atoms with Crippen LogP contribution in [0.25, 0.3) is 0 Å². The van der Waals surface area contributed by atoms with Crippen molar-refractivity contribution in [1.29, 1.82) is 0 Å². The van der Waals surface area contributed by atoms with E-state index in [1.54, 1.807) is 0 Å². The molecule has 0 unspecified atom stereocenters. The molecule has 0 aromatic carbocycles. The average Bonchev–Trinajstić information content (AvgIpc) is 2.75. The first-order valence-electron chi connectivity index (χ1n) is 8.56. The van der Waals surface area contributed by atoms with E-state index in [1.807, 2.05) is 0 Å². The fraction of sp³-hybridized carbons (Fsp3) is 0.941. The Hall–Kier alpha value is -0.570. The molecule has 0 amide bonds. The van der Waals surface area contributed by atoms with Crippen molar-refractivity contribution in [2.45, 2.75) is 89.1 Å². The summed E-state index contributed by atoms with van der Waals surface area (Å²) in [4.78, 5) is 12.4. The largest absolute Gasteiger partial charge is 0.468 e. The Bertz CT molecular complexity index is 300. The number of nitrogens with one attached hydrogen (secondary N) is 1. The highest BCUT2D eigenvalue weighted by molar-refractivity contribution is 5.81.